The van der Waals surface area contributed by atoms with Crippen LogP contribution < -0.4 is 0 Å². The molecule has 1 atom stereocenters. The van der Waals surface area contributed by atoms with Gasteiger partial charge in [0.1, 0.15) is 12.7 Å². The molecule has 110 valence electrons. The highest BCUT2D eigenvalue weighted by atomic mass is 16.2. The van der Waals surface area contributed by atoms with E-state index in [1.807, 2.05) is 4.90 Å². The first kappa shape index (κ1) is 13.5. The van der Waals surface area contributed by atoms with E-state index < -0.39 is 0 Å². The molecule has 2 aliphatic heterocycles. The summed E-state index contributed by atoms with van der Waals surface area (Å²) in [5.74, 6) is 0.924. The second-order valence-electron chi connectivity index (χ2n) is 5.91. The van der Waals surface area contributed by atoms with Crippen molar-refractivity contribution in [3.8, 4) is 0 Å². The molecule has 6 nitrogen and oxygen atoms in total. The Morgan fingerprint density at radius 3 is 2.85 bits per heavy atom. The molecule has 1 aromatic rings. The maximum absolute atomic E-state index is 12.2. The summed E-state index contributed by atoms with van der Waals surface area (Å²) in [4.78, 5) is 20.6. The van der Waals surface area contributed by atoms with E-state index in [0.717, 1.165) is 19.5 Å². The molecule has 0 N–H and O–H groups in total. The number of hydrogen-bond acceptors (Lipinski definition) is 4. The lowest BCUT2D eigenvalue weighted by Crippen LogP contribution is -2.32. The second-order valence-corrected chi connectivity index (χ2v) is 5.91. The van der Waals surface area contributed by atoms with E-state index in [1.165, 1.54) is 38.8 Å². The van der Waals surface area contributed by atoms with Gasteiger partial charge in [0.25, 0.3) is 0 Å². The number of nitrogens with zero attached hydrogens (tertiary/aromatic N) is 5. The van der Waals surface area contributed by atoms with Crippen LogP contribution >= 0.6 is 0 Å². The molecule has 0 aliphatic carbocycles. The minimum atomic E-state index is 0.254. The standard InChI is InChI=1S/C14H23N5O/c20-14(4-8-19-12-15-11-16-19)18-7-3-13(10-18)9-17-5-1-2-6-17/h11-13H,1-10H2. The summed E-state index contributed by atoms with van der Waals surface area (Å²) in [5, 5.41) is 4.03. The lowest BCUT2D eigenvalue weighted by Gasteiger charge is -2.20. The Morgan fingerprint density at radius 1 is 1.25 bits per heavy atom. The molecule has 2 aliphatic rings. The number of aryl methyl sites for hydroxylation is 1. The predicted molar refractivity (Wildman–Crippen MR) is 75.0 cm³/mol. The topological polar surface area (TPSA) is 54.3 Å². The Bertz CT molecular complexity index is 427. The summed E-state index contributed by atoms with van der Waals surface area (Å²) in [6, 6.07) is 0. The van der Waals surface area contributed by atoms with E-state index in [-0.39, 0.29) is 5.91 Å². The van der Waals surface area contributed by atoms with Crippen LogP contribution in [-0.2, 0) is 11.3 Å². The SMILES string of the molecule is O=C(CCn1cncn1)N1CCC(CN2CCCC2)C1. The van der Waals surface area contributed by atoms with Crippen LogP contribution in [0, 0.1) is 5.92 Å². The van der Waals surface area contributed by atoms with Gasteiger partial charge in [0, 0.05) is 26.1 Å². The molecule has 1 unspecified atom stereocenters. The molecule has 20 heavy (non-hydrogen) atoms. The van der Waals surface area contributed by atoms with Crippen molar-refractivity contribution in [2.24, 2.45) is 5.92 Å². The molecule has 1 aromatic heterocycles. The average Bonchev–Trinajstić information content (AvgIpc) is 3.19. The van der Waals surface area contributed by atoms with Crippen LogP contribution in [-0.4, -0.2) is 63.2 Å². The van der Waals surface area contributed by atoms with Crippen molar-refractivity contribution in [2.75, 3.05) is 32.7 Å². The molecule has 3 heterocycles. The van der Waals surface area contributed by atoms with E-state index in [9.17, 15) is 4.79 Å². The van der Waals surface area contributed by atoms with Gasteiger partial charge in [-0.15, -0.1) is 0 Å². The van der Waals surface area contributed by atoms with Crippen molar-refractivity contribution in [1.29, 1.82) is 0 Å². The maximum atomic E-state index is 12.2. The molecule has 0 saturated carbocycles. The summed E-state index contributed by atoms with van der Waals surface area (Å²) in [6.45, 7) is 6.16. The highest BCUT2D eigenvalue weighted by Crippen LogP contribution is 2.20. The van der Waals surface area contributed by atoms with Gasteiger partial charge < -0.3 is 9.80 Å². The van der Waals surface area contributed by atoms with Gasteiger partial charge in [-0.05, 0) is 38.3 Å². The number of carbonyl (C=O) groups is 1. The number of carbonyl (C=O) groups excluding carboxylic acids is 1. The quantitative estimate of drug-likeness (QED) is 0.791. The van der Waals surface area contributed by atoms with Gasteiger partial charge in [0.05, 0.1) is 6.54 Å². The van der Waals surface area contributed by atoms with E-state index in [1.54, 1.807) is 11.0 Å². The Morgan fingerprint density at radius 2 is 2.10 bits per heavy atom. The zero-order valence-electron chi connectivity index (χ0n) is 11.9. The predicted octanol–water partition coefficient (Wildman–Crippen LogP) is 0.613. The fourth-order valence-corrected chi connectivity index (χ4v) is 3.26. The monoisotopic (exact) mass is 277 g/mol. The van der Waals surface area contributed by atoms with Crippen LogP contribution in [0.15, 0.2) is 12.7 Å². The smallest absolute Gasteiger partial charge is 0.224 e. The highest BCUT2D eigenvalue weighted by Gasteiger charge is 2.28. The summed E-state index contributed by atoms with van der Waals surface area (Å²) in [5.41, 5.74) is 0. The Kier molecular flexibility index (Phi) is 4.30. The van der Waals surface area contributed by atoms with Crippen molar-refractivity contribution < 1.29 is 4.79 Å². The van der Waals surface area contributed by atoms with Gasteiger partial charge in [-0.25, -0.2) is 4.98 Å². The van der Waals surface area contributed by atoms with Gasteiger partial charge in [-0.3, -0.25) is 9.48 Å². The number of rotatable bonds is 5. The number of amides is 1. The summed E-state index contributed by atoms with van der Waals surface area (Å²) in [6.07, 6.45) is 7.53. The third kappa shape index (κ3) is 3.36. The normalized spacial score (nSPS) is 23.6. The second kappa shape index (κ2) is 6.35. The van der Waals surface area contributed by atoms with Crippen molar-refractivity contribution in [3.05, 3.63) is 12.7 Å². The van der Waals surface area contributed by atoms with E-state index in [4.69, 9.17) is 0 Å². The van der Waals surface area contributed by atoms with Crippen LogP contribution in [0.4, 0.5) is 0 Å². The number of aromatic nitrogens is 3. The first-order valence-corrected chi connectivity index (χ1v) is 7.64. The Balaban J connectivity index is 1.40. The zero-order chi connectivity index (χ0) is 13.8. The zero-order valence-corrected chi connectivity index (χ0v) is 11.9. The van der Waals surface area contributed by atoms with Gasteiger partial charge in [-0.1, -0.05) is 0 Å². The molecular formula is C14H23N5O. The van der Waals surface area contributed by atoms with Crippen molar-refractivity contribution in [3.63, 3.8) is 0 Å². The molecule has 0 bridgehead atoms. The van der Waals surface area contributed by atoms with E-state index >= 15 is 0 Å². The van der Waals surface area contributed by atoms with Crippen LogP contribution in [0.1, 0.15) is 25.7 Å². The maximum Gasteiger partial charge on any atom is 0.224 e. The molecular weight excluding hydrogens is 254 g/mol. The Labute approximate surface area is 119 Å². The fourth-order valence-electron chi connectivity index (χ4n) is 3.26. The first-order chi connectivity index (χ1) is 9.81. The molecule has 2 saturated heterocycles. The van der Waals surface area contributed by atoms with Gasteiger partial charge in [-0.2, -0.15) is 5.10 Å². The largest absolute Gasteiger partial charge is 0.342 e. The van der Waals surface area contributed by atoms with Gasteiger partial charge in [0.15, 0.2) is 0 Å². The molecule has 6 heteroatoms. The van der Waals surface area contributed by atoms with Crippen LogP contribution in [0.3, 0.4) is 0 Å². The third-order valence-corrected chi connectivity index (χ3v) is 4.37. The molecule has 0 radical (unpaired) electrons. The van der Waals surface area contributed by atoms with Crippen molar-refractivity contribution >= 4 is 5.91 Å². The summed E-state index contributed by atoms with van der Waals surface area (Å²) in [7, 11) is 0. The number of likely N-dealkylation sites (tertiary alicyclic amines) is 2. The van der Waals surface area contributed by atoms with E-state index in [0.29, 0.717) is 18.9 Å². The van der Waals surface area contributed by atoms with Gasteiger partial charge >= 0.3 is 0 Å². The molecule has 0 aromatic carbocycles. The minimum Gasteiger partial charge on any atom is -0.342 e. The molecule has 3 rings (SSSR count). The van der Waals surface area contributed by atoms with Crippen molar-refractivity contribution in [2.45, 2.75) is 32.2 Å². The van der Waals surface area contributed by atoms with Crippen LogP contribution in [0.25, 0.3) is 0 Å². The molecule has 0 spiro atoms. The fraction of sp³-hybridized carbons (Fsp3) is 0.786. The third-order valence-electron chi connectivity index (χ3n) is 4.37. The lowest BCUT2D eigenvalue weighted by atomic mass is 10.1. The average molecular weight is 277 g/mol. The van der Waals surface area contributed by atoms with Crippen molar-refractivity contribution in [1.82, 2.24) is 24.6 Å². The summed E-state index contributed by atoms with van der Waals surface area (Å²) < 4.78 is 1.72. The summed E-state index contributed by atoms with van der Waals surface area (Å²) >= 11 is 0. The Hall–Kier alpha value is -1.43. The minimum absolute atomic E-state index is 0.254. The molecule has 2 fully saturated rings. The lowest BCUT2D eigenvalue weighted by molar-refractivity contribution is -0.130. The highest BCUT2D eigenvalue weighted by molar-refractivity contribution is 5.76. The number of hydrogen-bond donors (Lipinski definition) is 0. The first-order valence-electron chi connectivity index (χ1n) is 7.64. The molecule has 1 amide bonds. The van der Waals surface area contributed by atoms with Crippen LogP contribution in [0.5, 0.6) is 0 Å². The van der Waals surface area contributed by atoms with Crippen LogP contribution in [0.2, 0.25) is 0 Å². The van der Waals surface area contributed by atoms with E-state index in [2.05, 4.69) is 15.0 Å². The van der Waals surface area contributed by atoms with Gasteiger partial charge in [0.2, 0.25) is 5.91 Å².